The second-order valence-electron chi connectivity index (χ2n) is 9.48. The molecule has 36 heavy (non-hydrogen) atoms. The Balaban J connectivity index is 1.31. The van der Waals surface area contributed by atoms with Gasteiger partial charge < -0.3 is 10.0 Å². The van der Waals surface area contributed by atoms with Crippen LogP contribution in [0.4, 0.5) is 13.2 Å². The molecule has 1 atom stereocenters. The van der Waals surface area contributed by atoms with Crippen molar-refractivity contribution in [3.63, 3.8) is 0 Å². The topological polar surface area (TPSA) is 60.9 Å². The Labute approximate surface area is 214 Å². The number of thiol groups is 1. The number of carbonyl (C=O) groups is 2. The zero-order valence-corrected chi connectivity index (χ0v) is 20.6. The van der Waals surface area contributed by atoms with E-state index in [-0.39, 0.29) is 17.4 Å². The first-order chi connectivity index (χ1) is 17.2. The van der Waals surface area contributed by atoms with E-state index in [4.69, 9.17) is 0 Å². The molecular weight excluding hydrogens is 489 g/mol. The first-order valence-corrected chi connectivity index (χ1v) is 12.5. The van der Waals surface area contributed by atoms with Gasteiger partial charge in [0.2, 0.25) is 5.91 Å². The molecule has 0 aromatic heterocycles. The van der Waals surface area contributed by atoms with Crippen LogP contribution in [0.5, 0.6) is 0 Å². The number of piperidine rings is 2. The lowest BCUT2D eigenvalue weighted by Crippen LogP contribution is -2.52. The van der Waals surface area contributed by atoms with Crippen molar-refractivity contribution in [2.24, 2.45) is 5.92 Å². The average molecular weight is 519 g/mol. The van der Waals surface area contributed by atoms with Crippen molar-refractivity contribution in [1.29, 1.82) is 0 Å². The van der Waals surface area contributed by atoms with Crippen molar-refractivity contribution >= 4 is 30.6 Å². The first-order valence-electron chi connectivity index (χ1n) is 12.1. The number of carbonyl (C=O) groups excluding carboxylic acids is 1. The van der Waals surface area contributed by atoms with Crippen LogP contribution in [0.2, 0.25) is 0 Å². The molecular formula is C27H29F3N2O3S. The second kappa shape index (κ2) is 11.5. The molecule has 1 unspecified atom stereocenters. The summed E-state index contributed by atoms with van der Waals surface area (Å²) in [5.41, 5.74) is 1.30. The van der Waals surface area contributed by atoms with Gasteiger partial charge in [-0.3, -0.25) is 14.5 Å². The molecule has 1 N–H and O–H groups in total. The lowest BCUT2D eigenvalue weighted by Gasteiger charge is -2.41. The minimum atomic E-state index is -1.55. The summed E-state index contributed by atoms with van der Waals surface area (Å²) in [4.78, 5) is 29.3. The summed E-state index contributed by atoms with van der Waals surface area (Å²) < 4.78 is 39.9. The fraction of sp³-hybridized carbons (Fsp3) is 0.407. The lowest BCUT2D eigenvalue weighted by atomic mass is 9.84. The SMILES string of the molecule is O=C(O)C(C1CCN(C(=O)/C=C/c2cc(F)c(F)c(F)c2)CC1)N1CCC(c2ccc(S)cc2)CC1. The molecule has 2 fully saturated rings. The van der Waals surface area contributed by atoms with E-state index in [1.807, 2.05) is 12.1 Å². The van der Waals surface area contributed by atoms with Crippen LogP contribution in [-0.2, 0) is 9.59 Å². The molecule has 2 aliphatic rings. The molecule has 1 amide bonds. The number of likely N-dealkylation sites (tertiary alicyclic amines) is 2. The maximum Gasteiger partial charge on any atom is 0.321 e. The van der Waals surface area contributed by atoms with Crippen LogP contribution in [0.3, 0.4) is 0 Å². The monoisotopic (exact) mass is 518 g/mol. The van der Waals surface area contributed by atoms with Gasteiger partial charge in [0.05, 0.1) is 0 Å². The van der Waals surface area contributed by atoms with Crippen molar-refractivity contribution in [3.8, 4) is 0 Å². The number of rotatable bonds is 6. The third-order valence-electron chi connectivity index (χ3n) is 7.26. The van der Waals surface area contributed by atoms with Gasteiger partial charge in [0.1, 0.15) is 6.04 Å². The minimum Gasteiger partial charge on any atom is -0.480 e. The molecule has 192 valence electrons. The van der Waals surface area contributed by atoms with Gasteiger partial charge in [-0.25, -0.2) is 13.2 Å². The summed E-state index contributed by atoms with van der Waals surface area (Å²) in [6, 6.07) is 9.18. The fourth-order valence-corrected chi connectivity index (χ4v) is 5.44. The Morgan fingerprint density at radius 1 is 0.944 bits per heavy atom. The number of benzene rings is 2. The van der Waals surface area contributed by atoms with E-state index < -0.39 is 29.5 Å². The number of hydrogen-bond donors (Lipinski definition) is 2. The Bertz CT molecular complexity index is 1100. The Morgan fingerprint density at radius 3 is 2.08 bits per heavy atom. The highest BCUT2D eigenvalue weighted by Crippen LogP contribution is 2.32. The van der Waals surface area contributed by atoms with Crippen LogP contribution in [0.1, 0.15) is 42.7 Å². The molecule has 2 aromatic rings. The first kappa shape index (κ1) is 26.3. The van der Waals surface area contributed by atoms with Crippen molar-refractivity contribution in [1.82, 2.24) is 9.80 Å². The summed E-state index contributed by atoms with van der Waals surface area (Å²) in [7, 11) is 0. The third-order valence-corrected chi connectivity index (χ3v) is 7.56. The molecule has 0 bridgehead atoms. The third kappa shape index (κ3) is 6.13. The molecule has 9 heteroatoms. The number of amides is 1. The predicted octanol–water partition coefficient (Wildman–Crippen LogP) is 4.98. The molecule has 0 radical (unpaired) electrons. The second-order valence-corrected chi connectivity index (χ2v) is 10.00. The van der Waals surface area contributed by atoms with Gasteiger partial charge in [0.25, 0.3) is 0 Å². The summed E-state index contributed by atoms with van der Waals surface area (Å²) in [6.45, 7) is 2.21. The summed E-state index contributed by atoms with van der Waals surface area (Å²) in [5.74, 6) is -5.03. The van der Waals surface area contributed by atoms with Gasteiger partial charge >= 0.3 is 5.97 Å². The van der Waals surface area contributed by atoms with Crippen LogP contribution in [0, 0.1) is 23.4 Å². The molecule has 0 aliphatic carbocycles. The lowest BCUT2D eigenvalue weighted by molar-refractivity contribution is -0.147. The number of nitrogens with zero attached hydrogens (tertiary/aromatic N) is 2. The van der Waals surface area contributed by atoms with Crippen molar-refractivity contribution in [2.75, 3.05) is 26.2 Å². The number of halogens is 3. The van der Waals surface area contributed by atoms with E-state index in [0.29, 0.717) is 44.9 Å². The number of hydrogen-bond acceptors (Lipinski definition) is 4. The van der Waals surface area contributed by atoms with Crippen molar-refractivity contribution < 1.29 is 27.9 Å². The largest absolute Gasteiger partial charge is 0.480 e. The predicted molar refractivity (Wildman–Crippen MR) is 133 cm³/mol. The van der Waals surface area contributed by atoms with Gasteiger partial charge in [-0.15, -0.1) is 12.6 Å². The quantitative estimate of drug-likeness (QED) is 0.322. The van der Waals surface area contributed by atoms with Crippen LogP contribution in [0.15, 0.2) is 47.4 Å². The van der Waals surface area contributed by atoms with Gasteiger partial charge in [-0.1, -0.05) is 12.1 Å². The molecule has 2 aliphatic heterocycles. The standard InChI is InChI=1S/C27H29F3N2O3S/c28-22-15-17(16-23(29)25(22)30)1-6-24(33)31-11-9-20(10-12-31)26(27(34)35)32-13-7-19(8-14-32)18-2-4-21(36)5-3-18/h1-6,15-16,19-20,26,36H,7-14H2,(H,34,35)/b6-1+. The summed E-state index contributed by atoms with van der Waals surface area (Å²) in [6.07, 6.45) is 5.34. The van der Waals surface area contributed by atoms with Crippen LogP contribution >= 0.6 is 12.6 Å². The average Bonchev–Trinajstić information content (AvgIpc) is 2.87. The molecule has 2 aromatic carbocycles. The van der Waals surface area contributed by atoms with Crippen molar-refractivity contribution in [2.45, 2.75) is 42.5 Å². The number of aliphatic carboxylic acids is 1. The van der Waals surface area contributed by atoms with Gasteiger partial charge in [0, 0.05) is 24.1 Å². The van der Waals surface area contributed by atoms with Crippen LogP contribution in [0.25, 0.3) is 6.08 Å². The van der Waals surface area contributed by atoms with Crippen LogP contribution in [-0.4, -0.2) is 59.0 Å². The Kier molecular flexibility index (Phi) is 8.41. The van der Waals surface area contributed by atoms with E-state index in [1.165, 1.54) is 17.7 Å². The molecule has 0 spiro atoms. The Hall–Kier alpha value is -2.78. The zero-order chi connectivity index (χ0) is 25.8. The molecule has 2 saturated heterocycles. The van der Waals surface area contributed by atoms with Crippen LogP contribution < -0.4 is 0 Å². The van der Waals surface area contributed by atoms with E-state index in [1.54, 1.807) is 4.90 Å². The van der Waals surface area contributed by atoms with Gasteiger partial charge in [-0.05, 0) is 92.1 Å². The Morgan fingerprint density at radius 2 is 1.53 bits per heavy atom. The number of carboxylic acids is 1. The highest BCUT2D eigenvalue weighted by atomic mass is 32.1. The zero-order valence-electron chi connectivity index (χ0n) is 19.7. The fourth-order valence-electron chi connectivity index (χ4n) is 5.29. The smallest absolute Gasteiger partial charge is 0.321 e. The molecule has 0 saturated carbocycles. The molecule has 5 nitrogen and oxygen atoms in total. The highest BCUT2D eigenvalue weighted by molar-refractivity contribution is 7.80. The van der Waals surface area contributed by atoms with Gasteiger partial charge in [0.15, 0.2) is 17.5 Å². The molecule has 2 heterocycles. The van der Waals surface area contributed by atoms with E-state index in [9.17, 15) is 27.9 Å². The van der Waals surface area contributed by atoms with Crippen molar-refractivity contribution in [3.05, 3.63) is 71.1 Å². The maximum absolute atomic E-state index is 13.4. The highest BCUT2D eigenvalue weighted by Gasteiger charge is 2.38. The molecule has 4 rings (SSSR count). The maximum atomic E-state index is 13.4. The van der Waals surface area contributed by atoms with E-state index in [2.05, 4.69) is 29.7 Å². The number of carboxylic acid groups (broad SMARTS) is 1. The minimum absolute atomic E-state index is 0.0468. The summed E-state index contributed by atoms with van der Waals surface area (Å²) >= 11 is 4.33. The van der Waals surface area contributed by atoms with Gasteiger partial charge in [-0.2, -0.15) is 0 Å². The van der Waals surface area contributed by atoms with E-state index >= 15 is 0 Å². The summed E-state index contributed by atoms with van der Waals surface area (Å²) in [5, 5.41) is 10.0. The normalized spacial score (nSPS) is 19.1. The van der Waals surface area contributed by atoms with E-state index in [0.717, 1.165) is 29.9 Å².